The molecule has 0 fully saturated rings. The normalized spacial score (nSPS) is 11.8. The number of pyridine rings is 1. The molecule has 4 aromatic rings. The first-order chi connectivity index (χ1) is 17.2. The zero-order chi connectivity index (χ0) is 25.8. The van der Waals surface area contributed by atoms with Crippen LogP contribution < -0.4 is 10.6 Å². The Morgan fingerprint density at radius 3 is 2.50 bits per heavy atom. The molecule has 11 heteroatoms. The van der Waals surface area contributed by atoms with Gasteiger partial charge < -0.3 is 10.6 Å². The van der Waals surface area contributed by atoms with Gasteiger partial charge in [-0.3, -0.25) is 19.1 Å². The summed E-state index contributed by atoms with van der Waals surface area (Å²) in [6.45, 7) is 4.88. The van der Waals surface area contributed by atoms with Crippen molar-refractivity contribution in [2.75, 3.05) is 5.32 Å². The Bertz CT molecular complexity index is 1450. The number of nitrogens with one attached hydrogen (secondary N) is 2. The van der Waals surface area contributed by atoms with Gasteiger partial charge in [0, 0.05) is 30.3 Å². The molecule has 184 valence electrons. The number of ketones is 1. The number of rotatable bonds is 8. The molecule has 0 aliphatic heterocycles. The molecule has 0 saturated heterocycles. The number of hydrogen-bond acceptors (Lipinski definition) is 7. The molecule has 3 heterocycles. The van der Waals surface area contributed by atoms with Crippen LogP contribution in [-0.4, -0.2) is 48.4 Å². The fourth-order valence-corrected chi connectivity index (χ4v) is 4.04. The summed E-state index contributed by atoms with van der Waals surface area (Å²) >= 11 is 3.26. The van der Waals surface area contributed by atoms with E-state index in [2.05, 4.69) is 46.6 Å². The Morgan fingerprint density at radius 2 is 1.83 bits per heavy atom. The van der Waals surface area contributed by atoms with Gasteiger partial charge in [0.15, 0.2) is 5.78 Å². The van der Waals surface area contributed by atoms with E-state index < -0.39 is 11.9 Å². The standard InChI is InChI=1S/C25H24BrN7O3/c1-4-19(25(36)31-22-7-5-6-21(26)30-22)29-23(35)13-33-20-9-8-16(17-11-27-15(3)28-12-17)10-18(20)24(32-33)14(2)34/h5-12,19H,4,13H2,1-3H3,(H,29,35)(H,30,31,36). The molecule has 0 aliphatic rings. The highest BCUT2D eigenvalue weighted by Crippen LogP contribution is 2.26. The average Bonchev–Trinajstić information content (AvgIpc) is 3.20. The fourth-order valence-electron chi connectivity index (χ4n) is 3.70. The molecule has 0 spiro atoms. The van der Waals surface area contributed by atoms with E-state index >= 15 is 0 Å². The fraction of sp³-hybridized carbons (Fsp3) is 0.240. The largest absolute Gasteiger partial charge is 0.343 e. The van der Waals surface area contributed by atoms with Crippen molar-refractivity contribution in [3.05, 3.63) is 64.9 Å². The Kier molecular flexibility index (Phi) is 7.49. The third-order valence-electron chi connectivity index (χ3n) is 5.52. The van der Waals surface area contributed by atoms with Crippen molar-refractivity contribution in [2.24, 2.45) is 0 Å². The predicted octanol–water partition coefficient (Wildman–Crippen LogP) is 3.70. The summed E-state index contributed by atoms with van der Waals surface area (Å²) in [4.78, 5) is 50.5. The van der Waals surface area contributed by atoms with Gasteiger partial charge in [0.05, 0.1) is 5.52 Å². The minimum atomic E-state index is -0.763. The van der Waals surface area contributed by atoms with E-state index in [1.807, 2.05) is 12.1 Å². The number of anilines is 1. The van der Waals surface area contributed by atoms with Crippen LogP contribution in [-0.2, 0) is 16.1 Å². The number of carbonyl (C=O) groups is 3. The van der Waals surface area contributed by atoms with Crippen molar-refractivity contribution in [2.45, 2.75) is 39.8 Å². The smallest absolute Gasteiger partial charge is 0.248 e. The van der Waals surface area contributed by atoms with E-state index in [9.17, 15) is 14.4 Å². The van der Waals surface area contributed by atoms with Crippen LogP contribution >= 0.6 is 15.9 Å². The lowest BCUT2D eigenvalue weighted by molar-refractivity contribution is -0.127. The Morgan fingerprint density at radius 1 is 1.08 bits per heavy atom. The van der Waals surface area contributed by atoms with Crippen molar-refractivity contribution in [1.29, 1.82) is 0 Å². The van der Waals surface area contributed by atoms with Gasteiger partial charge in [0.2, 0.25) is 11.8 Å². The van der Waals surface area contributed by atoms with Crippen LogP contribution in [0.15, 0.2) is 53.4 Å². The molecule has 1 unspecified atom stereocenters. The topological polar surface area (TPSA) is 132 Å². The van der Waals surface area contributed by atoms with Gasteiger partial charge in [0.1, 0.15) is 34.5 Å². The second kappa shape index (κ2) is 10.7. The van der Waals surface area contributed by atoms with Crippen molar-refractivity contribution in [3.8, 4) is 11.1 Å². The molecule has 0 aliphatic carbocycles. The van der Waals surface area contributed by atoms with Crippen LogP contribution in [0.4, 0.5) is 5.82 Å². The number of aromatic nitrogens is 5. The molecular formula is C25H24BrN7O3. The zero-order valence-corrected chi connectivity index (χ0v) is 21.5. The minimum absolute atomic E-state index is 0.157. The van der Waals surface area contributed by atoms with Gasteiger partial charge in [-0.15, -0.1) is 0 Å². The van der Waals surface area contributed by atoms with Gasteiger partial charge >= 0.3 is 0 Å². The number of amides is 2. The third-order valence-corrected chi connectivity index (χ3v) is 5.96. The highest BCUT2D eigenvalue weighted by molar-refractivity contribution is 9.10. The van der Waals surface area contributed by atoms with Crippen molar-refractivity contribution >= 4 is 50.2 Å². The lowest BCUT2D eigenvalue weighted by Gasteiger charge is -2.17. The number of halogens is 1. The Hall–Kier alpha value is -3.99. The highest BCUT2D eigenvalue weighted by atomic mass is 79.9. The average molecular weight is 550 g/mol. The number of fused-ring (bicyclic) bond motifs is 1. The number of hydrogen-bond donors (Lipinski definition) is 2. The molecule has 10 nitrogen and oxygen atoms in total. The monoisotopic (exact) mass is 549 g/mol. The van der Waals surface area contributed by atoms with E-state index in [4.69, 9.17) is 0 Å². The minimum Gasteiger partial charge on any atom is -0.343 e. The molecule has 2 N–H and O–H groups in total. The van der Waals surface area contributed by atoms with E-state index in [0.717, 1.165) is 11.1 Å². The Balaban J connectivity index is 1.54. The van der Waals surface area contributed by atoms with Crippen LogP contribution in [0.1, 0.15) is 36.6 Å². The van der Waals surface area contributed by atoms with Crippen molar-refractivity contribution in [1.82, 2.24) is 30.0 Å². The van der Waals surface area contributed by atoms with Gasteiger partial charge in [-0.2, -0.15) is 5.10 Å². The summed E-state index contributed by atoms with van der Waals surface area (Å²) < 4.78 is 2.05. The highest BCUT2D eigenvalue weighted by Gasteiger charge is 2.22. The number of benzene rings is 1. The second-order valence-corrected chi connectivity index (χ2v) is 8.99. The van der Waals surface area contributed by atoms with Crippen LogP contribution in [0.5, 0.6) is 0 Å². The third kappa shape index (κ3) is 5.62. The van der Waals surface area contributed by atoms with Gasteiger partial charge in [0.25, 0.3) is 0 Å². The SMILES string of the molecule is CCC(NC(=O)Cn1nc(C(C)=O)c2cc(-c3cnc(C)nc3)ccc21)C(=O)Nc1cccc(Br)n1. The van der Waals surface area contributed by atoms with Crippen molar-refractivity contribution < 1.29 is 14.4 Å². The molecule has 0 saturated carbocycles. The molecule has 36 heavy (non-hydrogen) atoms. The summed E-state index contributed by atoms with van der Waals surface area (Å²) in [6.07, 6.45) is 3.81. The zero-order valence-electron chi connectivity index (χ0n) is 19.9. The van der Waals surface area contributed by atoms with Crippen LogP contribution in [0.25, 0.3) is 22.0 Å². The molecule has 1 aromatic carbocycles. The Labute approximate surface area is 215 Å². The lowest BCUT2D eigenvalue weighted by Crippen LogP contribution is -2.44. The van der Waals surface area contributed by atoms with E-state index in [1.54, 1.807) is 50.5 Å². The lowest BCUT2D eigenvalue weighted by atomic mass is 10.0. The maximum absolute atomic E-state index is 12.9. The summed E-state index contributed by atoms with van der Waals surface area (Å²) in [5.41, 5.74) is 2.53. The molecule has 3 aromatic heterocycles. The summed E-state index contributed by atoms with van der Waals surface area (Å²) in [7, 11) is 0. The van der Waals surface area contributed by atoms with E-state index in [1.165, 1.54) is 11.6 Å². The maximum atomic E-state index is 12.9. The maximum Gasteiger partial charge on any atom is 0.248 e. The molecule has 2 amide bonds. The van der Waals surface area contributed by atoms with Gasteiger partial charge in [-0.1, -0.05) is 19.1 Å². The van der Waals surface area contributed by atoms with Crippen LogP contribution in [0.3, 0.4) is 0 Å². The number of nitrogens with zero attached hydrogens (tertiary/aromatic N) is 5. The second-order valence-electron chi connectivity index (χ2n) is 8.18. The predicted molar refractivity (Wildman–Crippen MR) is 138 cm³/mol. The van der Waals surface area contributed by atoms with Gasteiger partial charge in [-0.25, -0.2) is 15.0 Å². The summed E-state index contributed by atoms with van der Waals surface area (Å²) in [5.74, 6) is 0.0331. The van der Waals surface area contributed by atoms with E-state index in [-0.39, 0.29) is 23.9 Å². The number of carbonyl (C=O) groups excluding carboxylic acids is 3. The first kappa shape index (κ1) is 25.1. The molecule has 0 radical (unpaired) electrons. The number of Topliss-reactive ketones (excluding diaryl/α,β-unsaturated/α-hetero) is 1. The van der Waals surface area contributed by atoms with E-state index in [0.29, 0.717) is 33.6 Å². The molecule has 0 bridgehead atoms. The summed E-state index contributed by atoms with van der Waals surface area (Å²) in [6, 6.07) is 9.90. The van der Waals surface area contributed by atoms with Crippen LogP contribution in [0.2, 0.25) is 0 Å². The molecule has 4 rings (SSSR count). The molecule has 1 atom stereocenters. The first-order valence-electron chi connectivity index (χ1n) is 11.3. The summed E-state index contributed by atoms with van der Waals surface area (Å²) in [5, 5.41) is 10.5. The first-order valence-corrected chi connectivity index (χ1v) is 12.1. The number of aryl methyl sites for hydroxylation is 1. The van der Waals surface area contributed by atoms with Crippen molar-refractivity contribution in [3.63, 3.8) is 0 Å². The molecular weight excluding hydrogens is 526 g/mol. The quantitative estimate of drug-likeness (QED) is 0.253. The van der Waals surface area contributed by atoms with Gasteiger partial charge in [-0.05, 0) is 59.1 Å². The van der Waals surface area contributed by atoms with Crippen LogP contribution in [0, 0.1) is 6.92 Å².